The van der Waals surface area contributed by atoms with Gasteiger partial charge in [0.15, 0.2) is 5.21 Å². The van der Waals surface area contributed by atoms with Gasteiger partial charge in [0.2, 0.25) is 6.33 Å². The van der Waals surface area contributed by atoms with Crippen molar-refractivity contribution in [3.05, 3.63) is 77.7 Å². The van der Waals surface area contributed by atoms with E-state index in [1.807, 2.05) is 49.8 Å². The van der Waals surface area contributed by atoms with E-state index in [1.54, 1.807) is 0 Å². The summed E-state index contributed by atoms with van der Waals surface area (Å²) in [6.45, 7) is 72.1. The highest BCUT2D eigenvalue weighted by Gasteiger charge is 2.14. The first-order valence-corrected chi connectivity index (χ1v) is 56.7. The van der Waals surface area contributed by atoms with Gasteiger partial charge in [0.25, 0.3) is 0 Å². The van der Waals surface area contributed by atoms with Gasteiger partial charge in [-0.15, -0.1) is 35.3 Å². The topological polar surface area (TPSA) is 219 Å². The van der Waals surface area contributed by atoms with Gasteiger partial charge in [-0.3, -0.25) is 9.36 Å². The van der Waals surface area contributed by atoms with Gasteiger partial charge in [0, 0.05) is 51.7 Å². The van der Waals surface area contributed by atoms with Crippen LogP contribution < -0.4 is 4.68 Å². The highest BCUT2D eigenvalue weighted by atomic mass is 15.6. The highest BCUT2D eigenvalue weighted by molar-refractivity contribution is 4.98. The summed E-state index contributed by atoms with van der Waals surface area (Å²) >= 11 is 0. The number of rotatable bonds is 72. The normalized spacial score (nSPS) is 11.7. The Hall–Kier alpha value is -6.09. The van der Waals surface area contributed by atoms with Gasteiger partial charge in [-0.1, -0.05) is 403 Å². The lowest BCUT2D eigenvalue weighted by Gasteiger charge is -2.08. The van der Waals surface area contributed by atoms with Crippen molar-refractivity contribution in [2.24, 2.45) is 82.9 Å². The number of unbranched alkanes of at least 4 members (excludes halogenated alkanes) is 17. The summed E-state index contributed by atoms with van der Waals surface area (Å²) in [5.74, 6) is 11.3. The second kappa shape index (κ2) is 83.7. The predicted octanol–water partition coefficient (Wildman–Crippen LogP) is 30.8. The fourth-order valence-electron chi connectivity index (χ4n) is 16.3. The van der Waals surface area contributed by atoms with Crippen LogP contribution in [0.1, 0.15) is 511 Å². The fraction of sp³-hybridized carbons (Fsp3) is 0.885. The van der Waals surface area contributed by atoms with Crippen molar-refractivity contribution in [2.45, 2.75) is 567 Å². The quantitative estimate of drug-likeness (QED) is 0.0256. The molecule has 0 saturated carbocycles. The first-order chi connectivity index (χ1) is 64.6. The molecule has 0 aliphatic heterocycles. The summed E-state index contributed by atoms with van der Waals surface area (Å²) in [7, 11) is 0. The molecule has 22 heteroatoms. The molecule has 782 valence electrons. The summed E-state index contributed by atoms with van der Waals surface area (Å²) < 4.78 is 16.4. The Kier molecular flexibility index (Phi) is 78.7. The second-order valence-corrected chi connectivity index (χ2v) is 46.0. The van der Waals surface area contributed by atoms with Crippen LogP contribution in [0.2, 0.25) is 0 Å². The molecule has 0 bridgehead atoms. The van der Waals surface area contributed by atoms with Gasteiger partial charge in [0.05, 0.1) is 65.5 Å². The molecule has 135 heavy (non-hydrogen) atoms. The Labute approximate surface area is 832 Å². The lowest BCUT2D eigenvalue weighted by Crippen LogP contribution is -2.35. The Morgan fingerprint density at radius 3 is 0.770 bits per heavy atom. The molecule has 0 aromatic carbocycles. The van der Waals surface area contributed by atoms with Crippen LogP contribution in [0, 0.1) is 82.9 Å². The van der Waals surface area contributed by atoms with Gasteiger partial charge in [-0.05, 0) is 231 Å². The molecule has 0 spiro atoms. The minimum absolute atomic E-state index is 0.730. The van der Waals surface area contributed by atoms with Crippen molar-refractivity contribution in [1.29, 1.82) is 0 Å². The SMILES string of the molecule is CC(C)CCCCCCCc1cnnn1CCC(C)C.CC(C)CCCCCc1cn(CCCC(C)C)nn1.CC(C)CCCCCc1cn(CCCC(C)C)nn1.CC(C)CCCCCc1cnnn1CCCCC(C)C.CC(C)CCCCCn1c[n+](CCCC(C)C)nn1.CC(C)CCCCCn1nncc1CCCC(C)C.CC(C)CCCCc1cnnn1CCCCC(C)C. The van der Waals surface area contributed by atoms with Crippen molar-refractivity contribution in [1.82, 2.24) is 105 Å². The number of hydrogen-bond donors (Lipinski definition) is 0. The first-order valence-electron chi connectivity index (χ1n) is 56.7. The molecular formula is C113H221N22+. The van der Waals surface area contributed by atoms with E-state index in [9.17, 15) is 0 Å². The Balaban J connectivity index is 0.000000788. The standard InChI is InChI=1S/2C17H33N3.4C16H31N3.C15H31N4/c1-15(2)10-6-5-7-12-17-14-18-19-20(17)13-9-8-11-16(3)4;1-15(2)10-8-6-5-7-9-11-17-14-18-19-20(17)13-12-16(3)4;1-14(2)9-5-6-11-16-13-17-18-19(16)12-8-7-10-15(3)4;1-14(2)9-6-5-7-12-19-16(13-17-18-19)11-8-10-15(3)4;2*1-14(2)9-6-5-7-11-16-13-19(18-17-16)12-8-10-15(3)4;1-14(2)9-6-5-7-11-18-13-19(17-16-18)12-8-10-15(3)4/h2*14-16H,5-13H2,1-4H3;5*13-15H,5-12H2,1-4H3/q;;;;;;+1. The first kappa shape index (κ1) is 127. The zero-order chi connectivity index (χ0) is 100. The second-order valence-electron chi connectivity index (χ2n) is 46.0. The molecule has 0 aliphatic rings. The summed E-state index contributed by atoms with van der Waals surface area (Å²) in [5, 5.41) is 58.4. The average molecular weight is 1890 g/mol. The van der Waals surface area contributed by atoms with Crippen LogP contribution in [0.15, 0.2) is 43.5 Å². The monoisotopic (exact) mass is 1890 g/mol. The zero-order valence-electron chi connectivity index (χ0n) is 94.0. The molecule has 7 aromatic rings. The third kappa shape index (κ3) is 78.3. The van der Waals surface area contributed by atoms with Crippen LogP contribution in [0.25, 0.3) is 0 Å². The van der Waals surface area contributed by atoms with Crippen molar-refractivity contribution in [3.63, 3.8) is 0 Å². The maximum Gasteiger partial charge on any atom is 0.244 e. The number of aromatic nitrogens is 22. The molecule has 0 unspecified atom stereocenters. The van der Waals surface area contributed by atoms with Crippen molar-refractivity contribution >= 4 is 0 Å². The van der Waals surface area contributed by atoms with E-state index >= 15 is 0 Å². The van der Waals surface area contributed by atoms with Gasteiger partial charge in [0.1, 0.15) is 11.8 Å². The van der Waals surface area contributed by atoms with Gasteiger partial charge >= 0.3 is 0 Å². The number of hydrogen-bond acceptors (Lipinski definition) is 14. The number of tetrazole rings is 1. The third-order valence-electron chi connectivity index (χ3n) is 25.1. The largest absolute Gasteiger partial charge is 0.252 e. The molecule has 0 N–H and O–H groups in total. The molecule has 22 nitrogen and oxygen atoms in total. The van der Waals surface area contributed by atoms with Gasteiger partial charge in [-0.25, -0.2) is 18.7 Å². The minimum atomic E-state index is 0.730. The Morgan fingerprint density at radius 1 is 0.200 bits per heavy atom. The fourth-order valence-corrected chi connectivity index (χ4v) is 16.3. The van der Waals surface area contributed by atoms with Gasteiger partial charge < -0.3 is 0 Å². The Bertz CT molecular complexity index is 3450. The average Bonchev–Trinajstić information content (AvgIpc) is 1.77. The molecule has 0 fully saturated rings. The van der Waals surface area contributed by atoms with E-state index in [1.165, 1.54) is 305 Å². The predicted molar refractivity (Wildman–Crippen MR) is 573 cm³/mol. The maximum atomic E-state index is 4.26. The molecule has 0 aliphatic carbocycles. The van der Waals surface area contributed by atoms with Gasteiger partial charge in [-0.2, -0.15) is 0 Å². The number of aryl methyl sites for hydroxylation is 14. The zero-order valence-corrected chi connectivity index (χ0v) is 94.0. The summed E-state index contributed by atoms with van der Waals surface area (Å²) in [5.41, 5.74) is 7.58. The molecule has 7 aromatic heterocycles. The summed E-state index contributed by atoms with van der Waals surface area (Å²) in [4.78, 5) is 0. The van der Waals surface area contributed by atoms with Crippen LogP contribution in [-0.4, -0.2) is 105 Å². The van der Waals surface area contributed by atoms with Crippen molar-refractivity contribution < 1.29 is 4.68 Å². The van der Waals surface area contributed by atoms with Crippen LogP contribution in [0.4, 0.5) is 0 Å². The van der Waals surface area contributed by atoms with E-state index in [4.69, 9.17) is 0 Å². The van der Waals surface area contributed by atoms with Crippen LogP contribution in [0.5, 0.6) is 0 Å². The third-order valence-corrected chi connectivity index (χ3v) is 25.1. The summed E-state index contributed by atoms with van der Waals surface area (Å²) in [6, 6.07) is 0. The Morgan fingerprint density at radius 2 is 0.430 bits per heavy atom. The van der Waals surface area contributed by atoms with Crippen LogP contribution >= 0.6 is 0 Å². The lowest BCUT2D eigenvalue weighted by atomic mass is 10.0. The van der Waals surface area contributed by atoms with E-state index < -0.39 is 0 Å². The van der Waals surface area contributed by atoms with E-state index in [2.05, 4.69) is 297 Å². The number of nitrogens with zero attached hydrogens (tertiary/aromatic N) is 22. The van der Waals surface area contributed by atoms with Crippen LogP contribution in [0.3, 0.4) is 0 Å². The van der Waals surface area contributed by atoms with Crippen molar-refractivity contribution in [2.75, 3.05) is 0 Å². The smallest absolute Gasteiger partial charge is 0.244 e. The van der Waals surface area contributed by atoms with E-state index in [-0.39, 0.29) is 0 Å². The highest BCUT2D eigenvalue weighted by Crippen LogP contribution is 2.21. The minimum Gasteiger partial charge on any atom is -0.252 e. The summed E-state index contributed by atoms with van der Waals surface area (Å²) in [6.07, 6.45) is 77.9. The molecule has 0 saturated heterocycles. The van der Waals surface area contributed by atoms with E-state index in [0.717, 1.165) is 185 Å². The van der Waals surface area contributed by atoms with Crippen LogP contribution in [-0.2, 0) is 90.9 Å². The molecule has 7 heterocycles. The van der Waals surface area contributed by atoms with Crippen molar-refractivity contribution in [3.8, 4) is 0 Å². The molecule has 0 radical (unpaired) electrons. The molecule has 0 amide bonds. The maximum absolute atomic E-state index is 4.26. The lowest BCUT2D eigenvalue weighted by molar-refractivity contribution is -0.755. The van der Waals surface area contributed by atoms with E-state index in [0.29, 0.717) is 0 Å². The molecule has 0 atom stereocenters. The molecular weight excluding hydrogens is 1670 g/mol. The molecule has 7 rings (SSSR count).